The molecule has 3 rings (SSSR count). The first-order valence-electron chi connectivity index (χ1n) is 5.79. The van der Waals surface area contributed by atoms with E-state index >= 15 is 0 Å². The van der Waals surface area contributed by atoms with E-state index in [1.807, 2.05) is 0 Å². The molecule has 0 atom stereocenters. The summed E-state index contributed by atoms with van der Waals surface area (Å²) in [5, 5.41) is 26.4. The van der Waals surface area contributed by atoms with E-state index in [0.717, 1.165) is 7.11 Å². The van der Waals surface area contributed by atoms with Gasteiger partial charge in [-0.05, 0) is 12.1 Å². The van der Waals surface area contributed by atoms with Gasteiger partial charge in [0.2, 0.25) is 5.78 Å². The average Bonchev–Trinajstić information content (AvgIpc) is 2.46. The Morgan fingerprint density at radius 2 is 1.10 bits per heavy atom. The first kappa shape index (κ1) is 13.8. The first-order valence-corrected chi connectivity index (χ1v) is 5.79. The Balaban J connectivity index is 0.000000704. The van der Waals surface area contributed by atoms with Gasteiger partial charge in [0.15, 0.2) is 5.78 Å². The molecule has 0 saturated heterocycles. The first-order chi connectivity index (χ1) is 9.61. The van der Waals surface area contributed by atoms with Crippen LogP contribution in [0.4, 0.5) is 0 Å². The Morgan fingerprint density at radius 1 is 0.700 bits per heavy atom. The molecule has 0 bridgehead atoms. The third-order valence-corrected chi connectivity index (χ3v) is 3.03. The van der Waals surface area contributed by atoms with Crippen molar-refractivity contribution < 1.29 is 24.9 Å². The summed E-state index contributed by atoms with van der Waals surface area (Å²) in [7, 11) is 1.00. The fourth-order valence-corrected chi connectivity index (χ4v) is 2.21. The number of ketones is 2. The SMILES string of the molecule is CO.O=C1c2cccc(O)c2C(=O)c2c(O)cccc21. The summed E-state index contributed by atoms with van der Waals surface area (Å²) in [4.78, 5) is 24.4. The quantitative estimate of drug-likeness (QED) is 0.576. The number of fused-ring (bicyclic) bond motifs is 2. The predicted octanol–water partition coefficient (Wildman–Crippen LogP) is 1.48. The zero-order chi connectivity index (χ0) is 14.9. The lowest BCUT2D eigenvalue weighted by Gasteiger charge is -2.18. The number of phenols is 2. The monoisotopic (exact) mass is 272 g/mol. The molecule has 2 aromatic carbocycles. The highest BCUT2D eigenvalue weighted by molar-refractivity contribution is 6.30. The topological polar surface area (TPSA) is 94.8 Å². The Hall–Kier alpha value is -2.66. The molecule has 1 aliphatic carbocycles. The lowest BCUT2D eigenvalue weighted by molar-refractivity contribution is 0.0974. The number of rotatable bonds is 0. The number of aliphatic hydroxyl groups excluding tert-OH is 1. The van der Waals surface area contributed by atoms with Crippen molar-refractivity contribution in [2.45, 2.75) is 0 Å². The van der Waals surface area contributed by atoms with E-state index in [1.54, 1.807) is 0 Å². The van der Waals surface area contributed by atoms with Crippen molar-refractivity contribution in [2.75, 3.05) is 7.11 Å². The minimum absolute atomic E-state index is 0.0449. The van der Waals surface area contributed by atoms with Gasteiger partial charge in [-0.15, -0.1) is 0 Å². The van der Waals surface area contributed by atoms with Crippen LogP contribution in [0.15, 0.2) is 36.4 Å². The van der Waals surface area contributed by atoms with Crippen LogP contribution < -0.4 is 0 Å². The molecule has 102 valence electrons. The Morgan fingerprint density at radius 3 is 1.50 bits per heavy atom. The van der Waals surface area contributed by atoms with Crippen LogP contribution >= 0.6 is 0 Å². The molecule has 2 aromatic rings. The van der Waals surface area contributed by atoms with Gasteiger partial charge in [0.25, 0.3) is 0 Å². The number of hydrogen-bond donors (Lipinski definition) is 3. The molecular formula is C15H12O5. The molecule has 0 amide bonds. The third kappa shape index (κ3) is 1.85. The fourth-order valence-electron chi connectivity index (χ4n) is 2.21. The Kier molecular flexibility index (Phi) is 3.54. The molecule has 0 spiro atoms. The molecule has 0 saturated carbocycles. The summed E-state index contributed by atoms with van der Waals surface area (Å²) in [5.41, 5.74) is 0.240. The molecule has 0 radical (unpaired) electrons. The van der Waals surface area contributed by atoms with Crippen molar-refractivity contribution >= 4 is 11.6 Å². The largest absolute Gasteiger partial charge is 0.507 e. The van der Waals surface area contributed by atoms with Crippen molar-refractivity contribution in [1.82, 2.24) is 0 Å². The minimum atomic E-state index is -0.532. The summed E-state index contributed by atoms with van der Waals surface area (Å²) >= 11 is 0. The number of benzene rings is 2. The standard InChI is InChI=1S/C14H8O4.CH4O/c15-9-5-1-3-7-11(9)14(18)12-8(13(7)17)4-2-6-10(12)16;1-2/h1-6,15-16H;2H,1H3. The Labute approximate surface area is 114 Å². The zero-order valence-corrected chi connectivity index (χ0v) is 10.6. The smallest absolute Gasteiger partial charge is 0.201 e. The van der Waals surface area contributed by atoms with Gasteiger partial charge in [-0.2, -0.15) is 0 Å². The second-order valence-corrected chi connectivity index (χ2v) is 4.06. The number of aromatic hydroxyl groups is 2. The number of carbonyl (C=O) groups excluding carboxylic acids is 2. The van der Waals surface area contributed by atoms with E-state index in [1.165, 1.54) is 36.4 Å². The van der Waals surface area contributed by atoms with Crippen LogP contribution in [0.3, 0.4) is 0 Å². The van der Waals surface area contributed by atoms with Gasteiger partial charge in [0, 0.05) is 18.2 Å². The van der Waals surface area contributed by atoms with Crippen molar-refractivity contribution in [1.29, 1.82) is 0 Å². The minimum Gasteiger partial charge on any atom is -0.507 e. The summed E-state index contributed by atoms with van der Waals surface area (Å²) in [6.07, 6.45) is 0. The Bertz CT molecular complexity index is 646. The lowest BCUT2D eigenvalue weighted by Crippen LogP contribution is -2.20. The van der Waals surface area contributed by atoms with E-state index < -0.39 is 5.78 Å². The van der Waals surface area contributed by atoms with E-state index in [4.69, 9.17) is 5.11 Å². The molecule has 1 aliphatic rings. The van der Waals surface area contributed by atoms with Crippen LogP contribution in [0.5, 0.6) is 11.5 Å². The maximum absolute atomic E-state index is 12.2. The maximum atomic E-state index is 12.2. The van der Waals surface area contributed by atoms with Gasteiger partial charge < -0.3 is 15.3 Å². The van der Waals surface area contributed by atoms with Gasteiger partial charge >= 0.3 is 0 Å². The van der Waals surface area contributed by atoms with Crippen LogP contribution in [-0.2, 0) is 0 Å². The molecule has 0 unspecified atom stereocenters. The highest BCUT2D eigenvalue weighted by atomic mass is 16.3. The highest BCUT2D eigenvalue weighted by Gasteiger charge is 2.33. The van der Waals surface area contributed by atoms with E-state index in [0.29, 0.717) is 0 Å². The summed E-state index contributed by atoms with van der Waals surface area (Å²) in [6.45, 7) is 0. The zero-order valence-electron chi connectivity index (χ0n) is 10.6. The summed E-state index contributed by atoms with van der Waals surface area (Å²) in [5.74, 6) is -1.40. The molecular weight excluding hydrogens is 260 g/mol. The predicted molar refractivity (Wildman–Crippen MR) is 71.2 cm³/mol. The second kappa shape index (κ2) is 5.14. The maximum Gasteiger partial charge on any atom is 0.201 e. The van der Waals surface area contributed by atoms with Crippen LogP contribution in [0.2, 0.25) is 0 Å². The van der Waals surface area contributed by atoms with E-state index in [2.05, 4.69) is 0 Å². The molecule has 0 heterocycles. The molecule has 5 heteroatoms. The average molecular weight is 272 g/mol. The van der Waals surface area contributed by atoms with Crippen molar-refractivity contribution in [3.63, 3.8) is 0 Å². The molecule has 20 heavy (non-hydrogen) atoms. The van der Waals surface area contributed by atoms with Gasteiger partial charge in [-0.3, -0.25) is 9.59 Å². The van der Waals surface area contributed by atoms with Crippen molar-refractivity contribution in [2.24, 2.45) is 0 Å². The number of phenolic OH excluding ortho intramolecular Hbond substituents is 2. The van der Waals surface area contributed by atoms with Gasteiger partial charge in [0.05, 0.1) is 11.1 Å². The van der Waals surface area contributed by atoms with Crippen molar-refractivity contribution in [3.8, 4) is 11.5 Å². The normalized spacial score (nSPS) is 12.1. The summed E-state index contributed by atoms with van der Waals surface area (Å²) < 4.78 is 0. The molecule has 0 fully saturated rings. The lowest BCUT2D eigenvalue weighted by atomic mass is 9.83. The molecule has 5 nitrogen and oxygen atoms in total. The number of carbonyl (C=O) groups is 2. The van der Waals surface area contributed by atoms with Crippen LogP contribution in [0.25, 0.3) is 0 Å². The van der Waals surface area contributed by atoms with Crippen LogP contribution in [0.1, 0.15) is 31.8 Å². The van der Waals surface area contributed by atoms with Crippen LogP contribution in [0, 0.1) is 0 Å². The van der Waals surface area contributed by atoms with Gasteiger partial charge in [0.1, 0.15) is 11.5 Å². The number of aliphatic hydroxyl groups is 1. The highest BCUT2D eigenvalue weighted by Crippen LogP contribution is 2.35. The third-order valence-electron chi connectivity index (χ3n) is 3.03. The van der Waals surface area contributed by atoms with Crippen LogP contribution in [-0.4, -0.2) is 34.0 Å². The number of hydrogen-bond acceptors (Lipinski definition) is 5. The molecule has 3 N–H and O–H groups in total. The van der Waals surface area contributed by atoms with Gasteiger partial charge in [-0.1, -0.05) is 24.3 Å². The molecule has 0 aromatic heterocycles. The van der Waals surface area contributed by atoms with Crippen molar-refractivity contribution in [3.05, 3.63) is 58.7 Å². The summed E-state index contributed by atoms with van der Waals surface area (Å²) in [6, 6.07) is 8.68. The second-order valence-electron chi connectivity index (χ2n) is 4.06. The van der Waals surface area contributed by atoms with E-state index in [9.17, 15) is 19.8 Å². The van der Waals surface area contributed by atoms with Gasteiger partial charge in [-0.25, -0.2) is 0 Å². The molecule has 0 aliphatic heterocycles. The fraction of sp³-hybridized carbons (Fsp3) is 0.0667. The van der Waals surface area contributed by atoms with E-state index in [-0.39, 0.29) is 39.5 Å².